The molecule has 27 heavy (non-hydrogen) atoms. The lowest BCUT2D eigenvalue weighted by Gasteiger charge is -2.30. The third kappa shape index (κ3) is 12.1. The minimum Gasteiger partial charge on any atom is -0.459 e. The van der Waals surface area contributed by atoms with Gasteiger partial charge in [0.1, 0.15) is 0 Å². The van der Waals surface area contributed by atoms with Crippen molar-refractivity contribution >= 4 is 11.9 Å². The number of ether oxygens (including phenoxy) is 1. The van der Waals surface area contributed by atoms with Crippen LogP contribution in [0.15, 0.2) is 0 Å². The van der Waals surface area contributed by atoms with Crippen LogP contribution in [0.4, 0.5) is 0 Å². The molecule has 4 heteroatoms. The topological polar surface area (TPSA) is 46.6 Å². The lowest BCUT2D eigenvalue weighted by molar-refractivity contribution is -0.161. The van der Waals surface area contributed by atoms with E-state index in [4.69, 9.17) is 4.74 Å². The fraction of sp³-hybridized carbons (Fsp3) is 0.913. The van der Waals surface area contributed by atoms with Crippen molar-refractivity contribution in [2.45, 2.75) is 105 Å². The average Bonchev–Trinajstić information content (AvgIpc) is 2.69. The van der Waals surface area contributed by atoms with Crippen LogP contribution in [-0.2, 0) is 14.3 Å². The van der Waals surface area contributed by atoms with E-state index in [-0.39, 0.29) is 0 Å². The molecule has 0 aliphatic rings. The first-order valence-electron chi connectivity index (χ1n) is 11.5. The highest BCUT2D eigenvalue weighted by Crippen LogP contribution is 2.19. The quantitative estimate of drug-likeness (QED) is 0.187. The molecule has 2 atom stereocenters. The summed E-state index contributed by atoms with van der Waals surface area (Å²) in [4.78, 5) is 26.9. The van der Waals surface area contributed by atoms with E-state index in [9.17, 15) is 9.59 Å². The maximum atomic E-state index is 12.8. The molecule has 0 saturated carbocycles. The third-order valence-electron chi connectivity index (χ3n) is 5.49. The first-order chi connectivity index (χ1) is 13.0. The maximum absolute atomic E-state index is 12.8. The molecular weight excluding hydrogens is 338 g/mol. The Morgan fingerprint density at radius 3 is 1.63 bits per heavy atom. The van der Waals surface area contributed by atoms with Crippen LogP contribution in [-0.4, -0.2) is 36.5 Å². The summed E-state index contributed by atoms with van der Waals surface area (Å²) in [5.41, 5.74) is 0. The van der Waals surface area contributed by atoms with E-state index < -0.39 is 11.9 Å². The predicted molar refractivity (Wildman–Crippen MR) is 114 cm³/mol. The Morgan fingerprint density at radius 1 is 0.741 bits per heavy atom. The standard InChI is InChI=1S/C23H45NO3/c1-6-11-14-17-27-23(26)22(25)24(18-20(9-4)15-12-7-2)19-21(10-5)16-13-8-3/h20-21H,6-19H2,1-5H3. The molecule has 2 unspecified atom stereocenters. The lowest BCUT2D eigenvalue weighted by atomic mass is 9.95. The summed E-state index contributed by atoms with van der Waals surface area (Å²) in [6, 6.07) is 0. The van der Waals surface area contributed by atoms with Crippen molar-refractivity contribution in [1.29, 1.82) is 0 Å². The summed E-state index contributed by atoms with van der Waals surface area (Å²) in [7, 11) is 0. The molecule has 0 saturated heterocycles. The van der Waals surface area contributed by atoms with Crippen LogP contribution in [0.5, 0.6) is 0 Å². The molecule has 0 radical (unpaired) electrons. The van der Waals surface area contributed by atoms with Crippen LogP contribution < -0.4 is 0 Å². The first-order valence-corrected chi connectivity index (χ1v) is 11.5. The monoisotopic (exact) mass is 383 g/mol. The van der Waals surface area contributed by atoms with Crippen molar-refractivity contribution in [1.82, 2.24) is 4.90 Å². The molecule has 160 valence electrons. The zero-order valence-corrected chi connectivity index (χ0v) is 18.7. The van der Waals surface area contributed by atoms with Gasteiger partial charge < -0.3 is 9.64 Å². The van der Waals surface area contributed by atoms with Crippen LogP contribution in [0, 0.1) is 11.8 Å². The van der Waals surface area contributed by atoms with Gasteiger partial charge in [0.25, 0.3) is 0 Å². The summed E-state index contributed by atoms with van der Waals surface area (Å²) >= 11 is 0. The van der Waals surface area contributed by atoms with Crippen molar-refractivity contribution in [3.05, 3.63) is 0 Å². The first kappa shape index (κ1) is 25.9. The normalized spacial score (nSPS) is 13.2. The number of amides is 1. The maximum Gasteiger partial charge on any atom is 0.397 e. The van der Waals surface area contributed by atoms with Gasteiger partial charge >= 0.3 is 11.9 Å². The van der Waals surface area contributed by atoms with Gasteiger partial charge in [0.15, 0.2) is 0 Å². The van der Waals surface area contributed by atoms with Gasteiger partial charge in [-0.1, -0.05) is 86.0 Å². The molecule has 0 aromatic carbocycles. The summed E-state index contributed by atoms with van der Waals surface area (Å²) < 4.78 is 5.25. The number of unbranched alkanes of at least 4 members (excludes halogenated alkanes) is 4. The van der Waals surface area contributed by atoms with E-state index in [1.54, 1.807) is 4.90 Å². The van der Waals surface area contributed by atoms with Gasteiger partial charge in [0, 0.05) is 13.1 Å². The Labute approximate surface area is 168 Å². The van der Waals surface area contributed by atoms with E-state index in [2.05, 4.69) is 34.6 Å². The van der Waals surface area contributed by atoms with E-state index in [1.807, 2.05) is 0 Å². The van der Waals surface area contributed by atoms with Crippen LogP contribution in [0.2, 0.25) is 0 Å². The minimum absolute atomic E-state index is 0.354. The number of nitrogens with zero attached hydrogens (tertiary/aromatic N) is 1. The smallest absolute Gasteiger partial charge is 0.397 e. The van der Waals surface area contributed by atoms with E-state index in [1.165, 1.54) is 12.8 Å². The minimum atomic E-state index is -0.665. The van der Waals surface area contributed by atoms with Crippen LogP contribution in [0.3, 0.4) is 0 Å². The van der Waals surface area contributed by atoms with Crippen LogP contribution in [0.25, 0.3) is 0 Å². The molecule has 0 aromatic heterocycles. The van der Waals surface area contributed by atoms with E-state index in [0.29, 0.717) is 31.5 Å². The Morgan fingerprint density at radius 2 is 1.22 bits per heavy atom. The third-order valence-corrected chi connectivity index (χ3v) is 5.49. The number of carbonyl (C=O) groups is 2. The zero-order valence-electron chi connectivity index (χ0n) is 18.7. The molecule has 0 bridgehead atoms. The number of rotatable bonds is 16. The molecule has 0 N–H and O–H groups in total. The van der Waals surface area contributed by atoms with Crippen molar-refractivity contribution in [3.63, 3.8) is 0 Å². The Bertz CT molecular complexity index is 366. The molecule has 4 nitrogen and oxygen atoms in total. The summed E-state index contributed by atoms with van der Waals surface area (Å²) in [6.07, 6.45) is 11.9. The number of esters is 1. The number of hydrogen-bond acceptors (Lipinski definition) is 3. The Balaban J connectivity index is 4.95. The van der Waals surface area contributed by atoms with E-state index in [0.717, 1.165) is 57.8 Å². The second-order valence-corrected chi connectivity index (χ2v) is 7.89. The van der Waals surface area contributed by atoms with Gasteiger partial charge in [-0.05, 0) is 31.1 Å². The highest BCUT2D eigenvalue weighted by atomic mass is 16.5. The molecule has 0 rings (SSSR count). The van der Waals surface area contributed by atoms with Gasteiger partial charge in [-0.3, -0.25) is 4.79 Å². The zero-order chi connectivity index (χ0) is 20.5. The highest BCUT2D eigenvalue weighted by molar-refractivity contribution is 6.32. The summed E-state index contributed by atoms with van der Waals surface area (Å²) in [5, 5.41) is 0. The Hall–Kier alpha value is -1.06. The summed E-state index contributed by atoms with van der Waals surface area (Å²) in [6.45, 7) is 12.6. The second-order valence-electron chi connectivity index (χ2n) is 7.89. The molecule has 0 fully saturated rings. The molecule has 0 heterocycles. The average molecular weight is 384 g/mol. The molecule has 1 amide bonds. The summed E-state index contributed by atoms with van der Waals surface area (Å²) in [5.74, 6) is -0.172. The lowest BCUT2D eigenvalue weighted by Crippen LogP contribution is -2.43. The fourth-order valence-electron chi connectivity index (χ4n) is 3.41. The predicted octanol–water partition coefficient (Wildman–Crippen LogP) is 5.98. The number of carbonyl (C=O) groups excluding carboxylic acids is 2. The molecule has 0 spiro atoms. The van der Waals surface area contributed by atoms with Gasteiger partial charge in [0.05, 0.1) is 6.61 Å². The van der Waals surface area contributed by atoms with Crippen LogP contribution in [0.1, 0.15) is 105 Å². The number of hydrogen-bond donors (Lipinski definition) is 0. The molecular formula is C23H45NO3. The van der Waals surface area contributed by atoms with Crippen LogP contribution >= 0.6 is 0 Å². The second kappa shape index (κ2) is 17.1. The largest absolute Gasteiger partial charge is 0.459 e. The van der Waals surface area contributed by atoms with Crippen molar-refractivity contribution in [2.75, 3.05) is 19.7 Å². The molecule has 0 aromatic rings. The van der Waals surface area contributed by atoms with Gasteiger partial charge in [-0.2, -0.15) is 0 Å². The highest BCUT2D eigenvalue weighted by Gasteiger charge is 2.27. The molecule has 0 aliphatic heterocycles. The van der Waals surface area contributed by atoms with Gasteiger partial charge in [-0.25, -0.2) is 4.79 Å². The fourth-order valence-corrected chi connectivity index (χ4v) is 3.41. The Kier molecular flexibility index (Phi) is 16.4. The molecule has 0 aliphatic carbocycles. The van der Waals surface area contributed by atoms with E-state index >= 15 is 0 Å². The van der Waals surface area contributed by atoms with Gasteiger partial charge in [-0.15, -0.1) is 0 Å². The van der Waals surface area contributed by atoms with Crippen molar-refractivity contribution < 1.29 is 14.3 Å². The van der Waals surface area contributed by atoms with Crippen molar-refractivity contribution in [2.24, 2.45) is 11.8 Å². The van der Waals surface area contributed by atoms with Gasteiger partial charge in [0.2, 0.25) is 0 Å². The van der Waals surface area contributed by atoms with Crippen molar-refractivity contribution in [3.8, 4) is 0 Å². The SMILES string of the molecule is CCCCCOC(=O)C(=O)N(CC(CC)CCCC)CC(CC)CCCC.